The molecule has 1 nitrogen and oxygen atoms in total. The van der Waals surface area contributed by atoms with E-state index in [4.69, 9.17) is 0 Å². The lowest BCUT2D eigenvalue weighted by Gasteiger charge is -2.37. The molecule has 0 aliphatic heterocycles. The zero-order valence-corrected chi connectivity index (χ0v) is 11.5. The van der Waals surface area contributed by atoms with E-state index in [1.807, 2.05) is 0 Å². The predicted octanol–water partition coefficient (Wildman–Crippen LogP) is 3.79. The zero-order valence-electron chi connectivity index (χ0n) is 11.5. The smallest absolute Gasteiger partial charge is 0.0738 e. The van der Waals surface area contributed by atoms with Crippen LogP contribution in [0.15, 0.2) is 18.2 Å². The standard InChI is InChI=1S/C16H24O/c1-12-6-7-14(10-13(12)2)11-16(17)9-5-8-15(16,3)4/h6-7,10,17H,5,8-9,11H2,1-4H3. The van der Waals surface area contributed by atoms with Gasteiger partial charge < -0.3 is 5.11 Å². The highest BCUT2D eigenvalue weighted by molar-refractivity contribution is 5.31. The van der Waals surface area contributed by atoms with Gasteiger partial charge in [0, 0.05) is 6.42 Å². The second-order valence-corrected chi connectivity index (χ2v) is 6.36. The van der Waals surface area contributed by atoms with Crippen molar-refractivity contribution in [1.29, 1.82) is 0 Å². The van der Waals surface area contributed by atoms with Crippen molar-refractivity contribution in [3.8, 4) is 0 Å². The fourth-order valence-corrected chi connectivity index (χ4v) is 2.97. The Labute approximate surface area is 105 Å². The summed E-state index contributed by atoms with van der Waals surface area (Å²) in [7, 11) is 0. The Kier molecular flexibility index (Phi) is 3.07. The Hall–Kier alpha value is -0.820. The van der Waals surface area contributed by atoms with Crippen LogP contribution in [0.2, 0.25) is 0 Å². The van der Waals surface area contributed by atoms with E-state index in [9.17, 15) is 5.11 Å². The van der Waals surface area contributed by atoms with Gasteiger partial charge in [0.2, 0.25) is 0 Å². The molecule has 1 aromatic rings. The Bertz CT molecular complexity index is 420. The summed E-state index contributed by atoms with van der Waals surface area (Å²) in [5.74, 6) is 0. The minimum absolute atomic E-state index is 0.0474. The summed E-state index contributed by atoms with van der Waals surface area (Å²) in [5.41, 5.74) is 3.44. The van der Waals surface area contributed by atoms with Gasteiger partial charge in [-0.2, -0.15) is 0 Å². The van der Waals surface area contributed by atoms with Gasteiger partial charge in [0.05, 0.1) is 5.60 Å². The molecule has 0 amide bonds. The average molecular weight is 232 g/mol. The maximum Gasteiger partial charge on any atom is 0.0738 e. The van der Waals surface area contributed by atoms with Crippen molar-refractivity contribution in [2.75, 3.05) is 0 Å². The molecule has 1 saturated carbocycles. The second kappa shape index (κ2) is 4.13. The van der Waals surface area contributed by atoms with Gasteiger partial charge in [-0.25, -0.2) is 0 Å². The first kappa shape index (κ1) is 12.6. The molecule has 1 aliphatic carbocycles. The topological polar surface area (TPSA) is 20.2 Å². The monoisotopic (exact) mass is 232 g/mol. The minimum Gasteiger partial charge on any atom is -0.389 e. The highest BCUT2D eigenvalue weighted by atomic mass is 16.3. The second-order valence-electron chi connectivity index (χ2n) is 6.36. The third-order valence-corrected chi connectivity index (χ3v) is 4.72. The average Bonchev–Trinajstić information content (AvgIpc) is 2.47. The van der Waals surface area contributed by atoms with E-state index in [-0.39, 0.29) is 5.41 Å². The highest BCUT2D eigenvalue weighted by Crippen LogP contribution is 2.47. The van der Waals surface area contributed by atoms with E-state index >= 15 is 0 Å². The lowest BCUT2D eigenvalue weighted by atomic mass is 9.74. The van der Waals surface area contributed by atoms with E-state index in [0.29, 0.717) is 0 Å². The first-order chi connectivity index (χ1) is 7.84. The molecular weight excluding hydrogens is 208 g/mol. The zero-order chi connectivity index (χ0) is 12.7. The van der Waals surface area contributed by atoms with Crippen LogP contribution in [-0.2, 0) is 6.42 Å². The molecule has 2 rings (SSSR count). The van der Waals surface area contributed by atoms with Gasteiger partial charge in [0.1, 0.15) is 0 Å². The van der Waals surface area contributed by atoms with Gasteiger partial charge in [-0.15, -0.1) is 0 Å². The van der Waals surface area contributed by atoms with Crippen LogP contribution in [0.5, 0.6) is 0 Å². The SMILES string of the molecule is Cc1ccc(CC2(O)CCCC2(C)C)cc1C. The number of hydrogen-bond donors (Lipinski definition) is 1. The molecule has 0 saturated heterocycles. The lowest BCUT2D eigenvalue weighted by molar-refractivity contribution is -0.0419. The van der Waals surface area contributed by atoms with E-state index in [0.717, 1.165) is 25.7 Å². The number of hydrogen-bond acceptors (Lipinski definition) is 1. The van der Waals surface area contributed by atoms with Gasteiger partial charge in [0.15, 0.2) is 0 Å². The summed E-state index contributed by atoms with van der Waals surface area (Å²) in [6.07, 6.45) is 4.01. The van der Waals surface area contributed by atoms with Crippen LogP contribution in [0.25, 0.3) is 0 Å². The number of rotatable bonds is 2. The van der Waals surface area contributed by atoms with Crippen LogP contribution in [0, 0.1) is 19.3 Å². The molecule has 1 aromatic carbocycles. The Morgan fingerprint density at radius 2 is 1.82 bits per heavy atom. The molecule has 1 unspecified atom stereocenters. The summed E-state index contributed by atoms with van der Waals surface area (Å²) in [6, 6.07) is 6.55. The van der Waals surface area contributed by atoms with Gasteiger partial charge >= 0.3 is 0 Å². The molecule has 0 spiro atoms. The molecule has 17 heavy (non-hydrogen) atoms. The molecule has 94 valence electrons. The normalized spacial score (nSPS) is 27.4. The third kappa shape index (κ3) is 2.26. The lowest BCUT2D eigenvalue weighted by Crippen LogP contribution is -2.41. The van der Waals surface area contributed by atoms with Crippen LogP contribution < -0.4 is 0 Å². The highest BCUT2D eigenvalue weighted by Gasteiger charge is 2.47. The van der Waals surface area contributed by atoms with Crippen molar-refractivity contribution in [2.24, 2.45) is 5.41 Å². The number of aliphatic hydroxyl groups is 1. The first-order valence-electron chi connectivity index (χ1n) is 6.63. The summed E-state index contributed by atoms with van der Waals surface area (Å²) >= 11 is 0. The van der Waals surface area contributed by atoms with Crippen LogP contribution >= 0.6 is 0 Å². The first-order valence-corrected chi connectivity index (χ1v) is 6.63. The van der Waals surface area contributed by atoms with E-state index in [1.54, 1.807) is 0 Å². The number of aryl methyl sites for hydroxylation is 2. The van der Waals surface area contributed by atoms with Gasteiger partial charge in [-0.3, -0.25) is 0 Å². The maximum atomic E-state index is 10.8. The van der Waals surface area contributed by atoms with Crippen molar-refractivity contribution in [2.45, 2.75) is 59.0 Å². The van der Waals surface area contributed by atoms with Crippen molar-refractivity contribution < 1.29 is 5.11 Å². The predicted molar refractivity (Wildman–Crippen MR) is 72.2 cm³/mol. The quantitative estimate of drug-likeness (QED) is 0.822. The fraction of sp³-hybridized carbons (Fsp3) is 0.625. The van der Waals surface area contributed by atoms with Crippen molar-refractivity contribution in [3.05, 3.63) is 34.9 Å². The summed E-state index contributed by atoms with van der Waals surface area (Å²) in [4.78, 5) is 0. The van der Waals surface area contributed by atoms with Gasteiger partial charge in [-0.05, 0) is 55.2 Å². The van der Waals surface area contributed by atoms with Gasteiger partial charge in [-0.1, -0.05) is 32.0 Å². The van der Waals surface area contributed by atoms with E-state index in [1.165, 1.54) is 16.7 Å². The molecule has 1 fully saturated rings. The Balaban J connectivity index is 2.23. The molecule has 1 heteroatoms. The Morgan fingerprint density at radius 3 is 2.35 bits per heavy atom. The minimum atomic E-state index is -0.519. The van der Waals surface area contributed by atoms with E-state index < -0.39 is 5.60 Å². The molecule has 1 atom stereocenters. The molecule has 1 aliphatic rings. The van der Waals surface area contributed by atoms with Crippen LogP contribution in [0.3, 0.4) is 0 Å². The maximum absolute atomic E-state index is 10.8. The summed E-state index contributed by atoms with van der Waals surface area (Å²) in [5, 5.41) is 10.8. The Morgan fingerprint density at radius 1 is 1.12 bits per heavy atom. The molecular formula is C16H24O. The number of benzene rings is 1. The van der Waals surface area contributed by atoms with Crippen LogP contribution in [0.4, 0.5) is 0 Å². The summed E-state index contributed by atoms with van der Waals surface area (Å²) < 4.78 is 0. The van der Waals surface area contributed by atoms with Crippen LogP contribution in [0.1, 0.15) is 49.8 Å². The molecule has 0 heterocycles. The third-order valence-electron chi connectivity index (χ3n) is 4.72. The van der Waals surface area contributed by atoms with Crippen LogP contribution in [-0.4, -0.2) is 10.7 Å². The largest absolute Gasteiger partial charge is 0.389 e. The molecule has 0 aromatic heterocycles. The molecule has 0 radical (unpaired) electrons. The van der Waals surface area contributed by atoms with Crippen molar-refractivity contribution >= 4 is 0 Å². The van der Waals surface area contributed by atoms with Crippen molar-refractivity contribution in [3.63, 3.8) is 0 Å². The van der Waals surface area contributed by atoms with Crippen molar-refractivity contribution in [1.82, 2.24) is 0 Å². The van der Waals surface area contributed by atoms with E-state index in [2.05, 4.69) is 45.9 Å². The molecule has 1 N–H and O–H groups in total. The summed E-state index contributed by atoms with van der Waals surface area (Å²) in [6.45, 7) is 8.66. The van der Waals surface area contributed by atoms with Gasteiger partial charge in [0.25, 0.3) is 0 Å². The molecule has 0 bridgehead atoms. The fourth-order valence-electron chi connectivity index (χ4n) is 2.97.